The number of aliphatic hydroxyl groups is 1. The predicted molar refractivity (Wildman–Crippen MR) is 81.9 cm³/mol. The van der Waals surface area contributed by atoms with Gasteiger partial charge in [-0.15, -0.1) is 0 Å². The van der Waals surface area contributed by atoms with E-state index in [1.165, 1.54) is 19.3 Å². The van der Waals surface area contributed by atoms with Crippen LogP contribution in [0, 0.1) is 5.41 Å². The van der Waals surface area contributed by atoms with E-state index in [1.54, 1.807) is 0 Å². The first-order valence-corrected chi connectivity index (χ1v) is 8.19. The van der Waals surface area contributed by atoms with Gasteiger partial charge in [0.15, 0.2) is 0 Å². The Morgan fingerprint density at radius 2 is 1.75 bits per heavy atom. The van der Waals surface area contributed by atoms with Gasteiger partial charge in [0.05, 0.1) is 12.2 Å². The van der Waals surface area contributed by atoms with Gasteiger partial charge in [-0.1, -0.05) is 20.8 Å². The third-order valence-electron chi connectivity index (χ3n) is 4.63. The molecule has 0 radical (unpaired) electrons. The number of aliphatic hydroxyl groups excluding tert-OH is 1. The highest BCUT2D eigenvalue weighted by Gasteiger charge is 2.27. The van der Waals surface area contributed by atoms with E-state index in [9.17, 15) is 5.11 Å². The molecule has 2 fully saturated rings. The molecule has 0 aliphatic carbocycles. The summed E-state index contributed by atoms with van der Waals surface area (Å²) in [7, 11) is 0. The summed E-state index contributed by atoms with van der Waals surface area (Å²) in [6, 6.07) is 0. The molecular formula is C16H32N2O2. The molecule has 2 saturated heterocycles. The van der Waals surface area contributed by atoms with Crippen LogP contribution in [-0.2, 0) is 4.74 Å². The molecule has 0 saturated carbocycles. The van der Waals surface area contributed by atoms with Crippen molar-refractivity contribution in [1.29, 1.82) is 0 Å². The fourth-order valence-electron chi connectivity index (χ4n) is 2.91. The highest BCUT2D eigenvalue weighted by atomic mass is 16.5. The van der Waals surface area contributed by atoms with E-state index in [0.29, 0.717) is 6.10 Å². The Morgan fingerprint density at radius 1 is 1.10 bits per heavy atom. The standard InChI is InChI=1S/C16H32N2O2/c1-16(2,3)15(19)13-18-9-7-17(8-10-18)12-14-6-4-5-11-20-14/h14-15,19H,4-13H2,1-3H3/t14-,15+/m0/s1. The minimum atomic E-state index is -0.240. The fraction of sp³-hybridized carbons (Fsp3) is 1.00. The molecule has 4 heteroatoms. The van der Waals surface area contributed by atoms with Crippen molar-refractivity contribution in [3.63, 3.8) is 0 Å². The molecule has 20 heavy (non-hydrogen) atoms. The van der Waals surface area contributed by atoms with Crippen molar-refractivity contribution in [2.75, 3.05) is 45.9 Å². The van der Waals surface area contributed by atoms with Crippen LogP contribution in [-0.4, -0.2) is 73.0 Å². The molecule has 0 amide bonds. The molecule has 1 N–H and O–H groups in total. The molecule has 2 atom stereocenters. The summed E-state index contributed by atoms with van der Waals surface area (Å²) in [5.74, 6) is 0. The van der Waals surface area contributed by atoms with Crippen molar-refractivity contribution in [2.45, 2.75) is 52.2 Å². The van der Waals surface area contributed by atoms with Gasteiger partial charge >= 0.3 is 0 Å². The minimum Gasteiger partial charge on any atom is -0.391 e. The second kappa shape index (κ2) is 7.21. The summed E-state index contributed by atoms with van der Waals surface area (Å²) < 4.78 is 5.82. The molecule has 4 nitrogen and oxygen atoms in total. The summed E-state index contributed by atoms with van der Waals surface area (Å²) in [6.45, 7) is 13.5. The Labute approximate surface area is 124 Å². The van der Waals surface area contributed by atoms with Crippen LogP contribution in [0.2, 0.25) is 0 Å². The monoisotopic (exact) mass is 284 g/mol. The van der Waals surface area contributed by atoms with Crippen LogP contribution in [0.5, 0.6) is 0 Å². The lowest BCUT2D eigenvalue weighted by Crippen LogP contribution is -2.51. The largest absolute Gasteiger partial charge is 0.391 e. The van der Waals surface area contributed by atoms with Crippen molar-refractivity contribution < 1.29 is 9.84 Å². The average molecular weight is 284 g/mol. The molecule has 2 heterocycles. The second-order valence-electron chi connectivity index (χ2n) is 7.47. The van der Waals surface area contributed by atoms with Crippen LogP contribution >= 0.6 is 0 Å². The van der Waals surface area contributed by atoms with Crippen molar-refractivity contribution in [3.8, 4) is 0 Å². The van der Waals surface area contributed by atoms with Gasteiger partial charge < -0.3 is 9.84 Å². The second-order valence-corrected chi connectivity index (χ2v) is 7.47. The predicted octanol–water partition coefficient (Wildman–Crippen LogP) is 1.58. The van der Waals surface area contributed by atoms with E-state index in [4.69, 9.17) is 4.74 Å². The molecule has 0 aromatic carbocycles. The lowest BCUT2D eigenvalue weighted by atomic mass is 9.89. The number of ether oxygens (including phenoxy) is 1. The zero-order chi connectivity index (χ0) is 14.6. The first-order valence-electron chi connectivity index (χ1n) is 8.19. The number of β-amino-alcohol motifs (C(OH)–C–C–N with tert-alkyl or cyclic N) is 1. The SMILES string of the molecule is CC(C)(C)[C@H](O)CN1CCN(C[C@@H]2CCCCO2)CC1. The van der Waals surface area contributed by atoms with Crippen molar-refractivity contribution in [1.82, 2.24) is 9.80 Å². The van der Waals surface area contributed by atoms with Gasteiger partial charge in [-0.25, -0.2) is 0 Å². The van der Waals surface area contributed by atoms with Gasteiger partial charge in [0.2, 0.25) is 0 Å². The van der Waals surface area contributed by atoms with Gasteiger partial charge in [-0.2, -0.15) is 0 Å². The summed E-state index contributed by atoms with van der Waals surface area (Å²) in [5, 5.41) is 10.2. The Hall–Kier alpha value is -0.160. The van der Waals surface area contributed by atoms with Crippen molar-refractivity contribution in [2.24, 2.45) is 5.41 Å². The van der Waals surface area contributed by atoms with E-state index in [-0.39, 0.29) is 11.5 Å². The maximum Gasteiger partial charge on any atom is 0.0715 e. The van der Waals surface area contributed by atoms with E-state index in [2.05, 4.69) is 30.6 Å². The maximum absolute atomic E-state index is 10.2. The smallest absolute Gasteiger partial charge is 0.0715 e. The molecule has 0 bridgehead atoms. The van der Waals surface area contributed by atoms with Crippen LogP contribution in [0.1, 0.15) is 40.0 Å². The van der Waals surface area contributed by atoms with E-state index in [0.717, 1.165) is 45.9 Å². The molecule has 0 aromatic rings. The Kier molecular flexibility index (Phi) is 5.84. The summed E-state index contributed by atoms with van der Waals surface area (Å²) in [4.78, 5) is 4.92. The summed E-state index contributed by atoms with van der Waals surface area (Å²) in [6.07, 6.45) is 3.99. The normalized spacial score (nSPS) is 28.5. The van der Waals surface area contributed by atoms with Gasteiger partial charge in [0, 0.05) is 45.9 Å². The molecule has 0 unspecified atom stereocenters. The lowest BCUT2D eigenvalue weighted by molar-refractivity contribution is -0.0227. The topological polar surface area (TPSA) is 35.9 Å². The number of piperazine rings is 1. The van der Waals surface area contributed by atoms with E-state index in [1.807, 2.05) is 0 Å². The van der Waals surface area contributed by atoms with Crippen molar-refractivity contribution >= 4 is 0 Å². The third-order valence-corrected chi connectivity index (χ3v) is 4.63. The van der Waals surface area contributed by atoms with Crippen molar-refractivity contribution in [3.05, 3.63) is 0 Å². The number of hydrogen-bond donors (Lipinski definition) is 1. The van der Waals surface area contributed by atoms with Crippen LogP contribution in [0.3, 0.4) is 0 Å². The van der Waals surface area contributed by atoms with Gasteiger partial charge in [0.1, 0.15) is 0 Å². The van der Waals surface area contributed by atoms with Crippen LogP contribution < -0.4 is 0 Å². The highest BCUT2D eigenvalue weighted by molar-refractivity contribution is 4.81. The fourth-order valence-corrected chi connectivity index (χ4v) is 2.91. The summed E-state index contributed by atoms with van der Waals surface area (Å²) >= 11 is 0. The molecular weight excluding hydrogens is 252 g/mol. The molecule has 2 aliphatic rings. The number of rotatable bonds is 4. The first-order chi connectivity index (χ1) is 9.45. The molecule has 0 spiro atoms. The Bertz CT molecular complexity index is 277. The van der Waals surface area contributed by atoms with E-state index < -0.39 is 0 Å². The molecule has 0 aromatic heterocycles. The molecule has 118 valence electrons. The van der Waals surface area contributed by atoms with Crippen LogP contribution in [0.25, 0.3) is 0 Å². The third kappa shape index (κ3) is 4.99. The highest BCUT2D eigenvalue weighted by Crippen LogP contribution is 2.20. The van der Waals surface area contributed by atoms with Crippen LogP contribution in [0.15, 0.2) is 0 Å². The molecule has 2 rings (SSSR count). The van der Waals surface area contributed by atoms with Gasteiger partial charge in [-0.3, -0.25) is 9.80 Å². The number of nitrogens with zero attached hydrogens (tertiary/aromatic N) is 2. The quantitative estimate of drug-likeness (QED) is 0.850. The zero-order valence-corrected chi connectivity index (χ0v) is 13.5. The Morgan fingerprint density at radius 3 is 2.30 bits per heavy atom. The lowest BCUT2D eigenvalue weighted by Gasteiger charge is -2.39. The Balaban J connectivity index is 1.67. The van der Waals surface area contributed by atoms with Gasteiger partial charge in [0.25, 0.3) is 0 Å². The van der Waals surface area contributed by atoms with E-state index >= 15 is 0 Å². The maximum atomic E-state index is 10.2. The van der Waals surface area contributed by atoms with Gasteiger partial charge in [-0.05, 0) is 24.7 Å². The van der Waals surface area contributed by atoms with Crippen LogP contribution in [0.4, 0.5) is 0 Å². The summed E-state index contributed by atoms with van der Waals surface area (Å²) in [5.41, 5.74) is -0.0208. The molecule has 2 aliphatic heterocycles. The zero-order valence-electron chi connectivity index (χ0n) is 13.5. The number of hydrogen-bond acceptors (Lipinski definition) is 4. The average Bonchev–Trinajstić information content (AvgIpc) is 2.41. The minimum absolute atomic E-state index is 0.0208. The first kappa shape index (κ1) is 16.2.